The third-order valence-electron chi connectivity index (χ3n) is 3.26. The van der Waals surface area contributed by atoms with Gasteiger partial charge in [0.25, 0.3) is 0 Å². The van der Waals surface area contributed by atoms with Crippen LogP contribution < -0.4 is 5.73 Å². The average molecular weight is 241 g/mol. The van der Waals surface area contributed by atoms with Gasteiger partial charge < -0.3 is 15.5 Å². The molecule has 0 spiro atoms. The molecule has 5 nitrogen and oxygen atoms in total. The first-order valence-electron chi connectivity index (χ1n) is 6.23. The second-order valence-corrected chi connectivity index (χ2v) is 4.95. The highest BCUT2D eigenvalue weighted by Gasteiger charge is 2.25. The van der Waals surface area contributed by atoms with Crippen molar-refractivity contribution in [3.63, 3.8) is 0 Å². The van der Waals surface area contributed by atoms with Gasteiger partial charge in [0.05, 0.1) is 6.04 Å². The van der Waals surface area contributed by atoms with Crippen LogP contribution in [-0.2, 0) is 9.59 Å². The molecule has 1 rings (SSSR count). The zero-order chi connectivity index (χ0) is 13.0. The molecule has 2 N–H and O–H groups in total. The van der Waals surface area contributed by atoms with Crippen molar-refractivity contribution in [3.8, 4) is 0 Å². The Morgan fingerprint density at radius 3 is 2.12 bits per heavy atom. The fourth-order valence-corrected chi connectivity index (χ4v) is 1.95. The molecule has 0 saturated carbocycles. The Hall–Kier alpha value is -1.10. The Bertz CT molecular complexity index is 291. The van der Waals surface area contributed by atoms with E-state index in [1.54, 1.807) is 16.7 Å². The molecule has 5 heteroatoms. The molecule has 1 heterocycles. The summed E-state index contributed by atoms with van der Waals surface area (Å²) in [4.78, 5) is 26.9. The molecule has 1 aliphatic rings. The molecule has 0 aromatic rings. The highest BCUT2D eigenvalue weighted by molar-refractivity contribution is 5.82. The molecule has 1 unspecified atom stereocenters. The van der Waals surface area contributed by atoms with E-state index in [0.717, 1.165) is 13.0 Å². The third-order valence-corrected chi connectivity index (χ3v) is 3.26. The molecule has 0 aliphatic carbocycles. The van der Waals surface area contributed by atoms with Crippen molar-refractivity contribution in [2.45, 2.75) is 33.2 Å². The van der Waals surface area contributed by atoms with Gasteiger partial charge in [-0.05, 0) is 12.3 Å². The molecule has 1 atom stereocenters. The fourth-order valence-electron chi connectivity index (χ4n) is 1.95. The van der Waals surface area contributed by atoms with Crippen LogP contribution in [-0.4, -0.2) is 53.8 Å². The number of carbonyl (C=O) groups is 2. The maximum atomic E-state index is 12.1. The van der Waals surface area contributed by atoms with Crippen LogP contribution >= 0.6 is 0 Å². The molecule has 0 radical (unpaired) electrons. The maximum absolute atomic E-state index is 12.1. The summed E-state index contributed by atoms with van der Waals surface area (Å²) in [6.45, 7) is 8.10. The van der Waals surface area contributed by atoms with Gasteiger partial charge in [-0.25, -0.2) is 0 Å². The van der Waals surface area contributed by atoms with E-state index in [4.69, 9.17) is 5.73 Å². The third kappa shape index (κ3) is 3.70. The first-order valence-corrected chi connectivity index (χ1v) is 6.23. The minimum Gasteiger partial charge on any atom is -0.341 e. The second kappa shape index (κ2) is 6.00. The number of nitrogens with two attached hydrogens (primary N) is 1. The normalized spacial score (nSPS) is 19.1. The van der Waals surface area contributed by atoms with Gasteiger partial charge in [0, 0.05) is 33.1 Å². The molecule has 0 bridgehead atoms. The van der Waals surface area contributed by atoms with Crippen LogP contribution in [0.4, 0.5) is 0 Å². The van der Waals surface area contributed by atoms with Gasteiger partial charge >= 0.3 is 0 Å². The lowest BCUT2D eigenvalue weighted by Gasteiger charge is -2.26. The minimum absolute atomic E-state index is 0.00500. The van der Waals surface area contributed by atoms with E-state index in [1.165, 1.54) is 0 Å². The summed E-state index contributed by atoms with van der Waals surface area (Å²) in [7, 11) is 0. The largest absolute Gasteiger partial charge is 0.341 e. The van der Waals surface area contributed by atoms with E-state index in [-0.39, 0.29) is 17.7 Å². The fraction of sp³-hybridized carbons (Fsp3) is 0.833. The number of hydrogen-bond acceptors (Lipinski definition) is 3. The highest BCUT2D eigenvalue weighted by Crippen LogP contribution is 2.08. The van der Waals surface area contributed by atoms with E-state index >= 15 is 0 Å². The van der Waals surface area contributed by atoms with E-state index in [0.29, 0.717) is 19.6 Å². The Balaban J connectivity index is 2.57. The van der Waals surface area contributed by atoms with Crippen molar-refractivity contribution in [3.05, 3.63) is 0 Å². The smallest absolute Gasteiger partial charge is 0.239 e. The van der Waals surface area contributed by atoms with E-state index < -0.39 is 6.04 Å². The van der Waals surface area contributed by atoms with Gasteiger partial charge in [-0.15, -0.1) is 0 Å². The maximum Gasteiger partial charge on any atom is 0.239 e. The van der Waals surface area contributed by atoms with Gasteiger partial charge in [-0.2, -0.15) is 0 Å². The molecule has 0 aromatic carbocycles. The Labute approximate surface area is 103 Å². The van der Waals surface area contributed by atoms with Gasteiger partial charge in [0.15, 0.2) is 0 Å². The van der Waals surface area contributed by atoms with Gasteiger partial charge in [0.1, 0.15) is 0 Å². The lowest BCUT2D eigenvalue weighted by atomic mass is 10.0. The highest BCUT2D eigenvalue weighted by atomic mass is 16.2. The summed E-state index contributed by atoms with van der Waals surface area (Å²) in [5.41, 5.74) is 5.86. The van der Waals surface area contributed by atoms with Crippen LogP contribution in [0.5, 0.6) is 0 Å². The van der Waals surface area contributed by atoms with Crippen molar-refractivity contribution >= 4 is 11.8 Å². The van der Waals surface area contributed by atoms with Gasteiger partial charge in [-0.3, -0.25) is 9.59 Å². The Morgan fingerprint density at radius 2 is 1.59 bits per heavy atom. The SMILES string of the molecule is CC(=O)N1CCCN(C(=O)C(N)C(C)C)CC1. The van der Waals surface area contributed by atoms with Crippen LogP contribution in [0.1, 0.15) is 27.2 Å². The van der Waals surface area contributed by atoms with E-state index in [2.05, 4.69) is 0 Å². The molecule has 0 aromatic heterocycles. The van der Waals surface area contributed by atoms with Gasteiger partial charge in [-0.1, -0.05) is 13.8 Å². The molecule has 1 fully saturated rings. The number of hydrogen-bond donors (Lipinski definition) is 1. The first kappa shape index (κ1) is 14.0. The van der Waals surface area contributed by atoms with Crippen LogP contribution in [0, 0.1) is 5.92 Å². The van der Waals surface area contributed by atoms with Gasteiger partial charge in [0.2, 0.25) is 11.8 Å². The predicted molar refractivity (Wildman–Crippen MR) is 66.3 cm³/mol. The minimum atomic E-state index is -0.432. The Kier molecular flexibility index (Phi) is 4.93. The number of nitrogens with zero attached hydrogens (tertiary/aromatic N) is 2. The van der Waals surface area contributed by atoms with Crippen LogP contribution in [0.2, 0.25) is 0 Å². The summed E-state index contributed by atoms with van der Waals surface area (Å²) < 4.78 is 0. The summed E-state index contributed by atoms with van der Waals surface area (Å²) in [5, 5.41) is 0. The second-order valence-electron chi connectivity index (χ2n) is 4.95. The molecule has 1 aliphatic heterocycles. The van der Waals surface area contributed by atoms with Crippen molar-refractivity contribution in [2.24, 2.45) is 11.7 Å². The molecular formula is C12H23N3O2. The van der Waals surface area contributed by atoms with E-state index in [1.807, 2.05) is 13.8 Å². The lowest BCUT2D eigenvalue weighted by molar-refractivity contribution is -0.134. The molecule has 98 valence electrons. The molecular weight excluding hydrogens is 218 g/mol. The number of amides is 2. The van der Waals surface area contributed by atoms with Crippen molar-refractivity contribution < 1.29 is 9.59 Å². The standard InChI is InChI=1S/C12H23N3O2/c1-9(2)11(13)12(17)15-6-4-5-14(7-8-15)10(3)16/h9,11H,4-8,13H2,1-3H3. The van der Waals surface area contributed by atoms with Crippen molar-refractivity contribution in [1.82, 2.24) is 9.80 Å². The summed E-state index contributed by atoms with van der Waals surface area (Å²) >= 11 is 0. The molecule has 1 saturated heterocycles. The molecule has 17 heavy (non-hydrogen) atoms. The zero-order valence-electron chi connectivity index (χ0n) is 11.0. The zero-order valence-corrected chi connectivity index (χ0v) is 11.0. The van der Waals surface area contributed by atoms with Crippen molar-refractivity contribution in [1.29, 1.82) is 0 Å². The summed E-state index contributed by atoms with van der Waals surface area (Å²) in [6, 6.07) is -0.432. The summed E-state index contributed by atoms with van der Waals surface area (Å²) in [6.07, 6.45) is 0.829. The first-order chi connectivity index (χ1) is 7.93. The lowest BCUT2D eigenvalue weighted by Crippen LogP contribution is -2.47. The number of rotatable bonds is 2. The van der Waals surface area contributed by atoms with Crippen LogP contribution in [0.3, 0.4) is 0 Å². The number of carbonyl (C=O) groups excluding carboxylic acids is 2. The van der Waals surface area contributed by atoms with Crippen LogP contribution in [0.15, 0.2) is 0 Å². The van der Waals surface area contributed by atoms with Crippen LogP contribution in [0.25, 0.3) is 0 Å². The topological polar surface area (TPSA) is 66.6 Å². The quantitative estimate of drug-likeness (QED) is 0.743. The van der Waals surface area contributed by atoms with E-state index in [9.17, 15) is 9.59 Å². The average Bonchev–Trinajstić information content (AvgIpc) is 2.52. The predicted octanol–water partition coefficient (Wildman–Crippen LogP) is 0.0505. The Morgan fingerprint density at radius 1 is 1.06 bits per heavy atom. The summed E-state index contributed by atoms with van der Waals surface area (Å²) in [5.74, 6) is 0.229. The molecule has 2 amide bonds. The monoisotopic (exact) mass is 241 g/mol. The van der Waals surface area contributed by atoms with Crippen molar-refractivity contribution in [2.75, 3.05) is 26.2 Å².